The molecule has 1 aliphatic rings. The first-order chi connectivity index (χ1) is 6.53. The summed E-state index contributed by atoms with van der Waals surface area (Å²) in [6.45, 7) is 3.80. The van der Waals surface area contributed by atoms with Crippen LogP contribution in [0.5, 0.6) is 0 Å². The van der Waals surface area contributed by atoms with Gasteiger partial charge in [-0.2, -0.15) is 0 Å². The van der Waals surface area contributed by atoms with E-state index in [0.717, 1.165) is 4.90 Å². The van der Waals surface area contributed by atoms with Crippen LogP contribution in [-0.4, -0.2) is 52.9 Å². The summed E-state index contributed by atoms with van der Waals surface area (Å²) in [5.74, 6) is -1.40. The fourth-order valence-corrected chi connectivity index (χ4v) is 1.66. The molecule has 0 spiro atoms. The molecule has 1 fully saturated rings. The van der Waals surface area contributed by atoms with Crippen LogP contribution in [0.2, 0.25) is 0 Å². The van der Waals surface area contributed by atoms with Crippen molar-refractivity contribution in [1.82, 2.24) is 10.2 Å². The molecule has 6 heteroatoms. The number of aliphatic hydroxyl groups excluding tert-OH is 2. The van der Waals surface area contributed by atoms with Gasteiger partial charge in [0.1, 0.15) is 12.5 Å². The first kappa shape index (κ1) is 11.5. The molecule has 6 nitrogen and oxygen atoms in total. The van der Waals surface area contributed by atoms with E-state index < -0.39 is 18.3 Å². The van der Waals surface area contributed by atoms with Crippen LogP contribution >= 0.6 is 0 Å². The lowest BCUT2D eigenvalue weighted by molar-refractivity contribution is -0.225. The minimum absolute atomic E-state index is 0.370. The van der Waals surface area contributed by atoms with E-state index in [2.05, 4.69) is 5.32 Å². The molecule has 0 amide bonds. The van der Waals surface area contributed by atoms with Gasteiger partial charge >= 0.3 is 0 Å². The van der Waals surface area contributed by atoms with Gasteiger partial charge in [0.2, 0.25) is 5.85 Å². The summed E-state index contributed by atoms with van der Waals surface area (Å²) in [5.41, 5.74) is 0. The number of hydrogen-bond acceptors (Lipinski definition) is 6. The second-order valence-corrected chi connectivity index (χ2v) is 3.26. The largest absolute Gasteiger partial charge is 0.378 e. The van der Waals surface area contributed by atoms with Crippen LogP contribution in [0.4, 0.5) is 0 Å². The summed E-state index contributed by atoms with van der Waals surface area (Å²) in [6, 6.07) is 0. The van der Waals surface area contributed by atoms with E-state index in [1.54, 1.807) is 0 Å². The van der Waals surface area contributed by atoms with Gasteiger partial charge in [-0.05, 0) is 13.8 Å². The van der Waals surface area contributed by atoms with Crippen LogP contribution in [0.15, 0.2) is 0 Å². The minimum Gasteiger partial charge on any atom is -0.378 e. The van der Waals surface area contributed by atoms with Crippen molar-refractivity contribution in [2.45, 2.75) is 32.2 Å². The number of nitrogens with one attached hydrogen (secondary N) is 1. The predicted octanol–water partition coefficient (Wildman–Crippen LogP) is -1.56. The zero-order valence-corrected chi connectivity index (χ0v) is 8.30. The lowest BCUT2D eigenvalue weighted by Gasteiger charge is -2.39. The fourth-order valence-electron chi connectivity index (χ4n) is 1.66. The molecule has 1 aliphatic heterocycles. The highest BCUT2D eigenvalue weighted by Gasteiger charge is 2.45. The molecule has 3 unspecified atom stereocenters. The second-order valence-electron chi connectivity index (χ2n) is 3.26. The van der Waals surface area contributed by atoms with Gasteiger partial charge < -0.3 is 14.9 Å². The number of aldehydes is 1. The Balaban J connectivity index is 2.88. The summed E-state index contributed by atoms with van der Waals surface area (Å²) in [4.78, 5) is 12.1. The maximum atomic E-state index is 10.9. The SMILES string of the molecule is CC(O)N(C(C)O)C1(C=O)NCCO1. The number of rotatable bonds is 4. The standard InChI is InChI=1S/C8H16N2O4/c1-6(12)10(7(2)13)8(5-11)9-3-4-14-8/h5-7,9,12-13H,3-4H2,1-2H3. The smallest absolute Gasteiger partial charge is 0.239 e. The molecule has 3 atom stereocenters. The summed E-state index contributed by atoms with van der Waals surface area (Å²) in [6.07, 6.45) is -1.42. The van der Waals surface area contributed by atoms with E-state index in [9.17, 15) is 15.0 Å². The molecule has 0 radical (unpaired) electrons. The monoisotopic (exact) mass is 204 g/mol. The van der Waals surface area contributed by atoms with E-state index in [4.69, 9.17) is 4.74 Å². The number of nitrogens with zero attached hydrogens (tertiary/aromatic N) is 1. The van der Waals surface area contributed by atoms with Crippen LogP contribution in [0.1, 0.15) is 13.8 Å². The second kappa shape index (κ2) is 4.33. The topological polar surface area (TPSA) is 82.0 Å². The molecule has 3 N–H and O–H groups in total. The maximum Gasteiger partial charge on any atom is 0.239 e. The highest BCUT2D eigenvalue weighted by atomic mass is 16.6. The lowest BCUT2D eigenvalue weighted by Crippen LogP contribution is -2.63. The van der Waals surface area contributed by atoms with Gasteiger partial charge in [0.15, 0.2) is 6.29 Å². The number of hydrogen-bond donors (Lipinski definition) is 3. The first-order valence-corrected chi connectivity index (χ1v) is 4.53. The van der Waals surface area contributed by atoms with Crippen molar-refractivity contribution in [3.63, 3.8) is 0 Å². The Kier molecular flexibility index (Phi) is 3.57. The number of carbonyl (C=O) groups excluding carboxylic acids is 1. The molecule has 1 heterocycles. The Morgan fingerprint density at radius 1 is 1.50 bits per heavy atom. The van der Waals surface area contributed by atoms with Gasteiger partial charge in [-0.3, -0.25) is 10.1 Å². The van der Waals surface area contributed by atoms with E-state index in [-0.39, 0.29) is 0 Å². The Morgan fingerprint density at radius 3 is 2.36 bits per heavy atom. The van der Waals surface area contributed by atoms with Gasteiger partial charge in [-0.25, -0.2) is 4.90 Å². The molecule has 1 saturated heterocycles. The highest BCUT2D eigenvalue weighted by molar-refractivity contribution is 5.61. The Morgan fingerprint density at radius 2 is 2.07 bits per heavy atom. The predicted molar refractivity (Wildman–Crippen MR) is 48.0 cm³/mol. The third kappa shape index (κ3) is 1.94. The molecule has 0 aromatic heterocycles. The third-order valence-electron chi connectivity index (χ3n) is 2.15. The van der Waals surface area contributed by atoms with Crippen LogP contribution in [-0.2, 0) is 9.53 Å². The van der Waals surface area contributed by atoms with Crippen LogP contribution in [0.25, 0.3) is 0 Å². The summed E-state index contributed by atoms with van der Waals surface area (Å²) >= 11 is 0. The van der Waals surface area contributed by atoms with Crippen LogP contribution < -0.4 is 5.32 Å². The van der Waals surface area contributed by atoms with Gasteiger partial charge in [0.05, 0.1) is 6.61 Å². The number of ether oxygens (including phenoxy) is 1. The molecule has 82 valence electrons. The molecular weight excluding hydrogens is 188 g/mol. The zero-order chi connectivity index (χ0) is 10.8. The van der Waals surface area contributed by atoms with Crippen molar-refractivity contribution < 1.29 is 19.7 Å². The zero-order valence-electron chi connectivity index (χ0n) is 8.30. The molecule has 1 rings (SSSR count). The van der Waals surface area contributed by atoms with Crippen molar-refractivity contribution in [3.8, 4) is 0 Å². The van der Waals surface area contributed by atoms with Gasteiger partial charge in [0, 0.05) is 6.54 Å². The van der Waals surface area contributed by atoms with Crippen molar-refractivity contribution in [2.75, 3.05) is 13.2 Å². The van der Waals surface area contributed by atoms with Crippen LogP contribution in [0.3, 0.4) is 0 Å². The first-order valence-electron chi connectivity index (χ1n) is 4.53. The fraction of sp³-hybridized carbons (Fsp3) is 0.875. The Hall–Kier alpha value is -0.530. The normalized spacial score (nSPS) is 31.8. The van der Waals surface area contributed by atoms with Crippen molar-refractivity contribution >= 4 is 6.29 Å². The average Bonchev–Trinajstić information content (AvgIpc) is 2.52. The molecular formula is C8H16N2O4. The van der Waals surface area contributed by atoms with Crippen LogP contribution in [0, 0.1) is 0 Å². The highest BCUT2D eigenvalue weighted by Crippen LogP contribution is 2.20. The summed E-state index contributed by atoms with van der Waals surface area (Å²) < 4.78 is 5.20. The lowest BCUT2D eigenvalue weighted by atomic mass is 10.3. The van der Waals surface area contributed by atoms with Crippen molar-refractivity contribution in [2.24, 2.45) is 0 Å². The van der Waals surface area contributed by atoms with Gasteiger partial charge in [-0.1, -0.05) is 0 Å². The van der Waals surface area contributed by atoms with Crippen molar-refractivity contribution in [1.29, 1.82) is 0 Å². The number of aliphatic hydroxyl groups is 2. The third-order valence-corrected chi connectivity index (χ3v) is 2.15. The van der Waals surface area contributed by atoms with E-state index in [1.165, 1.54) is 13.8 Å². The van der Waals surface area contributed by atoms with E-state index in [1.807, 2.05) is 0 Å². The number of carbonyl (C=O) groups is 1. The Bertz CT molecular complexity index is 194. The maximum absolute atomic E-state index is 10.9. The molecule has 0 aliphatic carbocycles. The average molecular weight is 204 g/mol. The van der Waals surface area contributed by atoms with E-state index >= 15 is 0 Å². The molecule has 0 aromatic carbocycles. The quantitative estimate of drug-likeness (QED) is 0.379. The van der Waals surface area contributed by atoms with Gasteiger partial charge in [-0.15, -0.1) is 0 Å². The molecule has 0 aromatic rings. The van der Waals surface area contributed by atoms with Crippen molar-refractivity contribution in [3.05, 3.63) is 0 Å². The molecule has 0 bridgehead atoms. The molecule has 0 saturated carbocycles. The van der Waals surface area contributed by atoms with Gasteiger partial charge in [0.25, 0.3) is 0 Å². The summed E-state index contributed by atoms with van der Waals surface area (Å²) in [7, 11) is 0. The minimum atomic E-state index is -1.40. The van der Waals surface area contributed by atoms with E-state index in [0.29, 0.717) is 19.4 Å². The summed E-state index contributed by atoms with van der Waals surface area (Å²) in [5, 5.41) is 21.7. The Labute approximate surface area is 82.5 Å². The molecule has 14 heavy (non-hydrogen) atoms.